The molecule has 0 atom stereocenters. The van der Waals surface area contributed by atoms with E-state index in [-0.39, 0.29) is 10.6 Å². The summed E-state index contributed by atoms with van der Waals surface area (Å²) in [5.41, 5.74) is 2.78. The third-order valence-corrected chi connectivity index (χ3v) is 6.89. The standard InChI is InChI=1S/C20H24N4O7S/c1-29-18-9-6-14(19(30-2)20(18)31-3)13-21-22-16-8-7-15(12-17(16)24(25)26)32(27,28)23-10-4-5-11-23/h6-9,12-13,22H,4-5,10-11H2,1-3H3. The molecule has 1 N–H and O–H groups in total. The molecule has 0 radical (unpaired) electrons. The topological polar surface area (TPSA) is 133 Å². The van der Waals surface area contributed by atoms with E-state index in [1.165, 1.54) is 44.0 Å². The zero-order chi connectivity index (χ0) is 23.3. The predicted octanol–water partition coefficient (Wildman–Crippen LogP) is 2.85. The predicted molar refractivity (Wildman–Crippen MR) is 118 cm³/mol. The molecule has 2 aromatic rings. The summed E-state index contributed by atoms with van der Waals surface area (Å²) in [7, 11) is 0.659. The molecule has 12 heteroatoms. The highest BCUT2D eigenvalue weighted by molar-refractivity contribution is 7.89. The van der Waals surface area contributed by atoms with Crippen molar-refractivity contribution in [3.8, 4) is 17.2 Å². The summed E-state index contributed by atoms with van der Waals surface area (Å²) in [6, 6.07) is 7.05. The summed E-state index contributed by atoms with van der Waals surface area (Å²) in [6.07, 6.45) is 2.95. The van der Waals surface area contributed by atoms with Crippen molar-refractivity contribution in [2.75, 3.05) is 39.8 Å². The Bertz CT molecular complexity index is 1130. The van der Waals surface area contributed by atoms with Gasteiger partial charge in [-0.2, -0.15) is 9.41 Å². The maximum atomic E-state index is 12.7. The van der Waals surface area contributed by atoms with Gasteiger partial charge in [-0.3, -0.25) is 15.5 Å². The van der Waals surface area contributed by atoms with Crippen molar-refractivity contribution in [3.63, 3.8) is 0 Å². The minimum absolute atomic E-state index is 0.0473. The van der Waals surface area contributed by atoms with E-state index in [0.29, 0.717) is 35.9 Å². The molecule has 1 aliphatic heterocycles. The van der Waals surface area contributed by atoms with Gasteiger partial charge in [0.05, 0.1) is 37.4 Å². The molecule has 0 bridgehead atoms. The smallest absolute Gasteiger partial charge is 0.295 e. The Balaban J connectivity index is 1.88. The lowest BCUT2D eigenvalue weighted by atomic mass is 10.2. The summed E-state index contributed by atoms with van der Waals surface area (Å²) in [5.74, 6) is 1.22. The van der Waals surface area contributed by atoms with Gasteiger partial charge in [0.1, 0.15) is 5.69 Å². The van der Waals surface area contributed by atoms with E-state index in [1.807, 2.05) is 0 Å². The third kappa shape index (κ3) is 4.60. The minimum atomic E-state index is -3.78. The van der Waals surface area contributed by atoms with Crippen LogP contribution in [0.25, 0.3) is 0 Å². The van der Waals surface area contributed by atoms with Crippen LogP contribution < -0.4 is 19.6 Å². The summed E-state index contributed by atoms with van der Waals surface area (Å²) in [4.78, 5) is 10.8. The van der Waals surface area contributed by atoms with Crippen LogP contribution in [0.3, 0.4) is 0 Å². The van der Waals surface area contributed by atoms with Gasteiger partial charge in [0.15, 0.2) is 11.5 Å². The fourth-order valence-electron chi connectivity index (χ4n) is 3.39. The SMILES string of the molecule is COc1ccc(C=NNc2ccc(S(=O)(=O)N3CCCC3)cc2[N+](=O)[O-])c(OC)c1OC. The lowest BCUT2D eigenvalue weighted by Crippen LogP contribution is -2.27. The van der Waals surface area contributed by atoms with Gasteiger partial charge in [0.25, 0.3) is 5.69 Å². The van der Waals surface area contributed by atoms with Gasteiger partial charge in [-0.1, -0.05) is 0 Å². The number of hydrogen-bond donors (Lipinski definition) is 1. The number of hydrazone groups is 1. The van der Waals surface area contributed by atoms with E-state index in [2.05, 4.69) is 10.5 Å². The Morgan fingerprint density at radius 1 is 1.06 bits per heavy atom. The summed E-state index contributed by atoms with van der Waals surface area (Å²) in [5, 5.41) is 15.6. The van der Waals surface area contributed by atoms with Crippen LogP contribution in [0, 0.1) is 10.1 Å². The average Bonchev–Trinajstić information content (AvgIpc) is 3.34. The number of anilines is 1. The average molecular weight is 465 g/mol. The van der Waals surface area contributed by atoms with Gasteiger partial charge in [0, 0.05) is 24.7 Å². The molecule has 0 amide bonds. The van der Waals surface area contributed by atoms with E-state index < -0.39 is 20.6 Å². The largest absolute Gasteiger partial charge is 0.493 e. The van der Waals surface area contributed by atoms with Crippen molar-refractivity contribution < 1.29 is 27.6 Å². The first-order valence-corrected chi connectivity index (χ1v) is 11.1. The van der Waals surface area contributed by atoms with Crippen molar-refractivity contribution in [2.45, 2.75) is 17.7 Å². The Hall–Kier alpha value is -3.38. The highest BCUT2D eigenvalue weighted by atomic mass is 32.2. The number of rotatable bonds is 9. The lowest BCUT2D eigenvalue weighted by Gasteiger charge is -2.15. The monoisotopic (exact) mass is 464 g/mol. The summed E-state index contributed by atoms with van der Waals surface area (Å²) >= 11 is 0. The normalized spacial score (nSPS) is 14.5. The van der Waals surface area contributed by atoms with Gasteiger partial charge in [-0.15, -0.1) is 0 Å². The highest BCUT2D eigenvalue weighted by Crippen LogP contribution is 2.39. The van der Waals surface area contributed by atoms with Gasteiger partial charge in [-0.05, 0) is 37.1 Å². The molecule has 11 nitrogen and oxygen atoms in total. The molecule has 0 spiro atoms. The number of nitrogens with one attached hydrogen (secondary N) is 1. The van der Waals surface area contributed by atoms with Crippen LogP contribution >= 0.6 is 0 Å². The Kier molecular flexibility index (Phi) is 7.15. The molecule has 3 rings (SSSR count). The third-order valence-electron chi connectivity index (χ3n) is 4.99. The zero-order valence-electron chi connectivity index (χ0n) is 17.9. The molecule has 0 unspecified atom stereocenters. The van der Waals surface area contributed by atoms with Crippen LogP contribution in [0.1, 0.15) is 18.4 Å². The maximum Gasteiger partial charge on any atom is 0.295 e. The summed E-state index contributed by atoms with van der Waals surface area (Å²) < 4.78 is 42.7. The quantitative estimate of drug-likeness (QED) is 0.340. The number of nitro groups is 1. The van der Waals surface area contributed by atoms with Crippen LogP contribution in [0.15, 0.2) is 40.3 Å². The molecule has 1 aliphatic rings. The number of benzene rings is 2. The molecule has 2 aromatic carbocycles. The first-order valence-electron chi connectivity index (χ1n) is 9.70. The molecule has 0 aromatic heterocycles. The van der Waals surface area contributed by atoms with Crippen molar-refractivity contribution in [2.24, 2.45) is 5.10 Å². The molecular weight excluding hydrogens is 440 g/mol. The molecule has 0 saturated carbocycles. The van der Waals surface area contributed by atoms with E-state index in [1.54, 1.807) is 12.1 Å². The molecule has 172 valence electrons. The van der Waals surface area contributed by atoms with E-state index in [9.17, 15) is 18.5 Å². The molecule has 1 saturated heterocycles. The van der Waals surface area contributed by atoms with E-state index in [0.717, 1.165) is 18.9 Å². The second-order valence-corrected chi connectivity index (χ2v) is 8.78. The number of ether oxygens (including phenoxy) is 3. The Morgan fingerprint density at radius 2 is 1.75 bits per heavy atom. The van der Waals surface area contributed by atoms with Crippen LogP contribution in [0.5, 0.6) is 17.2 Å². The summed E-state index contributed by atoms with van der Waals surface area (Å²) in [6.45, 7) is 0.821. The molecule has 1 fully saturated rings. The molecular formula is C20H24N4O7S. The zero-order valence-corrected chi connectivity index (χ0v) is 18.7. The number of sulfonamides is 1. The molecule has 0 aliphatic carbocycles. The number of methoxy groups -OCH3 is 3. The Labute approximate surface area is 185 Å². The second-order valence-electron chi connectivity index (χ2n) is 6.84. The van der Waals surface area contributed by atoms with Gasteiger partial charge in [0.2, 0.25) is 15.8 Å². The highest BCUT2D eigenvalue weighted by Gasteiger charge is 2.29. The van der Waals surface area contributed by atoms with Crippen LogP contribution in [-0.4, -0.2) is 58.3 Å². The van der Waals surface area contributed by atoms with E-state index in [4.69, 9.17) is 14.2 Å². The van der Waals surface area contributed by atoms with Crippen LogP contribution in [0.4, 0.5) is 11.4 Å². The van der Waals surface area contributed by atoms with Gasteiger partial charge in [-0.25, -0.2) is 8.42 Å². The second kappa shape index (κ2) is 9.83. The van der Waals surface area contributed by atoms with Gasteiger partial charge < -0.3 is 14.2 Å². The fraction of sp³-hybridized carbons (Fsp3) is 0.350. The number of hydrogen-bond acceptors (Lipinski definition) is 9. The van der Waals surface area contributed by atoms with E-state index >= 15 is 0 Å². The minimum Gasteiger partial charge on any atom is -0.493 e. The van der Waals surface area contributed by atoms with Crippen LogP contribution in [0.2, 0.25) is 0 Å². The fourth-order valence-corrected chi connectivity index (χ4v) is 4.93. The molecule has 1 heterocycles. The number of nitro benzene ring substituents is 1. The lowest BCUT2D eigenvalue weighted by molar-refractivity contribution is -0.384. The molecule has 32 heavy (non-hydrogen) atoms. The van der Waals surface area contributed by atoms with Crippen molar-refractivity contribution >= 4 is 27.6 Å². The number of nitrogens with zero attached hydrogens (tertiary/aromatic N) is 3. The first-order chi connectivity index (χ1) is 15.3. The maximum absolute atomic E-state index is 12.7. The van der Waals surface area contributed by atoms with Crippen molar-refractivity contribution in [1.29, 1.82) is 0 Å². The van der Waals surface area contributed by atoms with Gasteiger partial charge >= 0.3 is 0 Å². The van der Waals surface area contributed by atoms with Crippen molar-refractivity contribution in [1.82, 2.24) is 4.31 Å². The van der Waals surface area contributed by atoms with Crippen molar-refractivity contribution in [3.05, 3.63) is 46.0 Å². The Morgan fingerprint density at radius 3 is 2.34 bits per heavy atom. The first kappa shape index (κ1) is 23.3. The van der Waals surface area contributed by atoms with Crippen LogP contribution in [-0.2, 0) is 10.0 Å².